The summed E-state index contributed by atoms with van der Waals surface area (Å²) in [4.78, 5) is 11.8. The Kier molecular flexibility index (Phi) is 4.14. The van der Waals surface area contributed by atoms with Gasteiger partial charge in [-0.15, -0.1) is 0 Å². The first kappa shape index (κ1) is 12.5. The quantitative estimate of drug-likeness (QED) is 0.729. The van der Waals surface area contributed by atoms with Crippen LogP contribution in [0.3, 0.4) is 0 Å². The minimum Gasteiger partial charge on any atom is -0.461 e. The van der Waals surface area contributed by atoms with Crippen molar-refractivity contribution in [2.45, 2.75) is 64.5 Å². The van der Waals surface area contributed by atoms with E-state index in [0.29, 0.717) is 12.3 Å². The third-order valence-electron chi connectivity index (χ3n) is 2.87. The van der Waals surface area contributed by atoms with Crippen LogP contribution >= 0.6 is 0 Å². The first-order valence-electron chi connectivity index (χ1n) is 5.92. The van der Waals surface area contributed by atoms with Gasteiger partial charge in [0.2, 0.25) is 0 Å². The van der Waals surface area contributed by atoms with Gasteiger partial charge in [-0.05, 0) is 44.9 Å². The summed E-state index contributed by atoms with van der Waals surface area (Å²) in [5.74, 6) is 0.180. The number of hydrogen-bond donors (Lipinski definition) is 1. The van der Waals surface area contributed by atoms with Gasteiger partial charge in [0.1, 0.15) is 11.6 Å². The van der Waals surface area contributed by atoms with E-state index in [1.54, 1.807) is 6.92 Å². The number of ether oxygens (including phenoxy) is 1. The lowest BCUT2D eigenvalue weighted by Gasteiger charge is -2.26. The van der Waals surface area contributed by atoms with E-state index < -0.39 is 5.54 Å². The molecule has 0 aliphatic heterocycles. The minimum atomic E-state index is -0.823. The molecule has 0 amide bonds. The number of carbonyl (C=O) groups excluding carboxylic acids is 1. The van der Waals surface area contributed by atoms with Crippen LogP contribution in [0.5, 0.6) is 0 Å². The monoisotopic (exact) mass is 213 g/mol. The molecule has 0 aromatic rings. The largest absolute Gasteiger partial charge is 0.461 e. The highest BCUT2D eigenvalue weighted by Gasteiger charge is 2.33. The molecule has 0 saturated heterocycles. The first-order chi connectivity index (χ1) is 6.92. The predicted molar refractivity (Wildman–Crippen MR) is 60.4 cm³/mol. The molecule has 0 aromatic carbocycles. The van der Waals surface area contributed by atoms with Crippen molar-refractivity contribution in [2.24, 2.45) is 11.7 Å². The van der Waals surface area contributed by atoms with Crippen molar-refractivity contribution >= 4 is 5.97 Å². The van der Waals surface area contributed by atoms with E-state index in [-0.39, 0.29) is 12.1 Å². The molecule has 1 rings (SSSR count). The molecule has 0 heterocycles. The fraction of sp³-hybridized carbons (Fsp3) is 0.917. The van der Waals surface area contributed by atoms with Gasteiger partial charge in [-0.25, -0.2) is 0 Å². The van der Waals surface area contributed by atoms with Crippen LogP contribution in [0.2, 0.25) is 0 Å². The second-order valence-electron chi connectivity index (χ2n) is 5.33. The average Bonchev–Trinajstić information content (AvgIpc) is 2.54. The van der Waals surface area contributed by atoms with Crippen LogP contribution in [0.1, 0.15) is 52.9 Å². The molecule has 15 heavy (non-hydrogen) atoms. The number of rotatable bonds is 4. The molecule has 1 aliphatic carbocycles. The summed E-state index contributed by atoms with van der Waals surface area (Å²) in [6, 6.07) is 0. The summed E-state index contributed by atoms with van der Waals surface area (Å²) < 4.78 is 5.41. The third-order valence-corrected chi connectivity index (χ3v) is 2.87. The molecule has 1 saturated carbocycles. The molecule has 3 nitrogen and oxygen atoms in total. The van der Waals surface area contributed by atoms with E-state index in [2.05, 4.69) is 13.8 Å². The van der Waals surface area contributed by atoms with Gasteiger partial charge in [0.15, 0.2) is 0 Å². The van der Waals surface area contributed by atoms with Crippen molar-refractivity contribution in [1.82, 2.24) is 0 Å². The molecule has 1 aliphatic rings. The summed E-state index contributed by atoms with van der Waals surface area (Å²) >= 11 is 0. The van der Waals surface area contributed by atoms with Gasteiger partial charge in [-0.1, -0.05) is 13.8 Å². The van der Waals surface area contributed by atoms with Gasteiger partial charge in [0, 0.05) is 0 Å². The number of nitrogens with two attached hydrogens (primary N) is 1. The van der Waals surface area contributed by atoms with E-state index in [9.17, 15) is 4.79 Å². The summed E-state index contributed by atoms with van der Waals surface area (Å²) in [6.45, 7) is 5.90. The van der Waals surface area contributed by atoms with Gasteiger partial charge in [0.05, 0.1) is 0 Å². The highest BCUT2D eigenvalue weighted by atomic mass is 16.5. The molecule has 1 unspecified atom stereocenters. The van der Waals surface area contributed by atoms with Crippen LogP contribution in [0.4, 0.5) is 0 Å². The van der Waals surface area contributed by atoms with E-state index in [1.165, 1.54) is 12.8 Å². The molecule has 0 spiro atoms. The lowest BCUT2D eigenvalue weighted by Crippen LogP contribution is -2.48. The van der Waals surface area contributed by atoms with Gasteiger partial charge < -0.3 is 10.5 Å². The van der Waals surface area contributed by atoms with Crippen molar-refractivity contribution in [3.05, 3.63) is 0 Å². The van der Waals surface area contributed by atoms with Gasteiger partial charge in [-0.3, -0.25) is 4.79 Å². The van der Waals surface area contributed by atoms with Crippen LogP contribution in [0, 0.1) is 5.92 Å². The topological polar surface area (TPSA) is 52.3 Å². The number of hydrogen-bond acceptors (Lipinski definition) is 3. The smallest absolute Gasteiger partial charge is 0.326 e. The van der Waals surface area contributed by atoms with Crippen LogP contribution in [0.15, 0.2) is 0 Å². The van der Waals surface area contributed by atoms with E-state index in [4.69, 9.17) is 10.5 Å². The highest BCUT2D eigenvalue weighted by molar-refractivity contribution is 5.80. The summed E-state index contributed by atoms with van der Waals surface area (Å²) in [6.07, 6.45) is 5.14. The Balaban J connectivity index is 2.43. The van der Waals surface area contributed by atoms with Crippen molar-refractivity contribution in [2.75, 3.05) is 0 Å². The van der Waals surface area contributed by atoms with Crippen molar-refractivity contribution in [3.63, 3.8) is 0 Å². The first-order valence-corrected chi connectivity index (χ1v) is 5.92. The Morgan fingerprint density at radius 2 is 2.00 bits per heavy atom. The SMILES string of the molecule is CC(C)CC(C)(N)C(=O)OC1CCCC1. The zero-order valence-corrected chi connectivity index (χ0v) is 10.1. The van der Waals surface area contributed by atoms with Gasteiger partial charge in [0.25, 0.3) is 0 Å². The maximum Gasteiger partial charge on any atom is 0.326 e. The van der Waals surface area contributed by atoms with E-state index in [1.807, 2.05) is 0 Å². The van der Waals surface area contributed by atoms with Crippen LogP contribution in [0.25, 0.3) is 0 Å². The van der Waals surface area contributed by atoms with Crippen LogP contribution < -0.4 is 5.73 Å². The van der Waals surface area contributed by atoms with Crippen LogP contribution in [-0.2, 0) is 9.53 Å². The molecule has 3 heteroatoms. The molecule has 1 fully saturated rings. The molecule has 88 valence electrons. The van der Waals surface area contributed by atoms with Gasteiger partial charge >= 0.3 is 5.97 Å². The van der Waals surface area contributed by atoms with Crippen molar-refractivity contribution in [1.29, 1.82) is 0 Å². The number of carbonyl (C=O) groups is 1. The highest BCUT2D eigenvalue weighted by Crippen LogP contribution is 2.24. The van der Waals surface area contributed by atoms with Crippen LogP contribution in [-0.4, -0.2) is 17.6 Å². The minimum absolute atomic E-state index is 0.118. The molecule has 0 radical (unpaired) electrons. The molecule has 0 aromatic heterocycles. The molecular weight excluding hydrogens is 190 g/mol. The van der Waals surface area contributed by atoms with Crippen molar-refractivity contribution < 1.29 is 9.53 Å². The average molecular weight is 213 g/mol. The number of esters is 1. The zero-order valence-electron chi connectivity index (χ0n) is 10.1. The fourth-order valence-electron chi connectivity index (χ4n) is 2.22. The Bertz CT molecular complexity index is 218. The second kappa shape index (κ2) is 4.97. The zero-order chi connectivity index (χ0) is 11.5. The summed E-state index contributed by atoms with van der Waals surface area (Å²) in [5, 5.41) is 0. The standard InChI is InChI=1S/C12H23NO2/c1-9(2)8-12(3,13)11(14)15-10-6-4-5-7-10/h9-10H,4-8,13H2,1-3H3. The predicted octanol–water partition coefficient (Wildman–Crippen LogP) is 2.24. The Labute approximate surface area is 92.4 Å². The summed E-state index contributed by atoms with van der Waals surface area (Å²) in [5.41, 5.74) is 5.14. The van der Waals surface area contributed by atoms with Crippen molar-refractivity contribution in [3.8, 4) is 0 Å². The Morgan fingerprint density at radius 1 is 1.47 bits per heavy atom. The summed E-state index contributed by atoms with van der Waals surface area (Å²) in [7, 11) is 0. The maximum absolute atomic E-state index is 11.8. The lowest BCUT2D eigenvalue weighted by molar-refractivity contribution is -0.155. The molecule has 0 bridgehead atoms. The third kappa shape index (κ3) is 3.82. The second-order valence-corrected chi connectivity index (χ2v) is 5.33. The molecular formula is C12H23NO2. The Hall–Kier alpha value is -0.570. The molecule has 1 atom stereocenters. The maximum atomic E-state index is 11.8. The normalized spacial score (nSPS) is 21.7. The van der Waals surface area contributed by atoms with E-state index >= 15 is 0 Å². The fourth-order valence-corrected chi connectivity index (χ4v) is 2.22. The van der Waals surface area contributed by atoms with Gasteiger partial charge in [-0.2, -0.15) is 0 Å². The lowest BCUT2D eigenvalue weighted by atomic mass is 9.92. The Morgan fingerprint density at radius 3 is 2.47 bits per heavy atom. The van der Waals surface area contributed by atoms with E-state index in [0.717, 1.165) is 12.8 Å². The molecule has 2 N–H and O–H groups in total.